The van der Waals surface area contributed by atoms with Crippen LogP contribution in [0.3, 0.4) is 0 Å². The summed E-state index contributed by atoms with van der Waals surface area (Å²) in [6, 6.07) is 0. The van der Waals surface area contributed by atoms with E-state index in [-0.39, 0.29) is 6.42 Å². The van der Waals surface area contributed by atoms with Gasteiger partial charge < -0.3 is 20.3 Å². The van der Waals surface area contributed by atoms with Crippen LogP contribution in [0.1, 0.15) is 25.7 Å². The van der Waals surface area contributed by atoms with Crippen LogP contribution in [0, 0.1) is 5.92 Å². The maximum atomic E-state index is 10.3. The maximum absolute atomic E-state index is 10.3. The van der Waals surface area contributed by atoms with Gasteiger partial charge >= 0.3 is 5.97 Å². The lowest BCUT2D eigenvalue weighted by Gasteiger charge is -2.22. The summed E-state index contributed by atoms with van der Waals surface area (Å²) in [4.78, 5) is 10.3. The van der Waals surface area contributed by atoms with Crippen LogP contribution in [0.4, 0.5) is 0 Å². The molecule has 1 atom stereocenters. The smallest absolute Gasteiger partial charge is 0.303 e. The van der Waals surface area contributed by atoms with Crippen molar-refractivity contribution in [2.24, 2.45) is 5.92 Å². The molecule has 16 heavy (non-hydrogen) atoms. The minimum absolute atomic E-state index is 0.0279. The van der Waals surface area contributed by atoms with Crippen molar-refractivity contribution in [2.45, 2.75) is 31.8 Å². The fraction of sp³-hybridized carbons (Fsp3) is 0.909. The Hall–Kier alpha value is -0.650. The average molecular weight is 231 g/mol. The molecule has 0 aromatic heterocycles. The maximum Gasteiger partial charge on any atom is 0.303 e. The second kappa shape index (κ2) is 7.60. The molecular formula is C11H21NO4. The van der Waals surface area contributed by atoms with Crippen LogP contribution in [0.25, 0.3) is 0 Å². The van der Waals surface area contributed by atoms with Gasteiger partial charge in [-0.3, -0.25) is 4.79 Å². The summed E-state index contributed by atoms with van der Waals surface area (Å²) in [5.41, 5.74) is 0. The zero-order valence-electron chi connectivity index (χ0n) is 9.52. The summed E-state index contributed by atoms with van der Waals surface area (Å²) in [6.07, 6.45) is 1.92. The van der Waals surface area contributed by atoms with E-state index in [4.69, 9.17) is 9.84 Å². The fourth-order valence-corrected chi connectivity index (χ4v) is 1.80. The molecule has 0 aromatic carbocycles. The Kier molecular flexibility index (Phi) is 6.37. The van der Waals surface area contributed by atoms with Gasteiger partial charge in [-0.05, 0) is 31.7 Å². The molecule has 1 fully saturated rings. The SMILES string of the molecule is O=C(O)CCC(O)CNCC1CCOCC1. The number of aliphatic carboxylic acids is 1. The molecule has 1 aliphatic rings. The van der Waals surface area contributed by atoms with Gasteiger partial charge in [-0.2, -0.15) is 0 Å². The highest BCUT2D eigenvalue weighted by molar-refractivity contribution is 5.66. The van der Waals surface area contributed by atoms with E-state index in [0.717, 1.165) is 32.6 Å². The number of hydrogen-bond donors (Lipinski definition) is 3. The number of ether oxygens (including phenoxy) is 1. The van der Waals surface area contributed by atoms with Gasteiger partial charge in [0.15, 0.2) is 0 Å². The minimum Gasteiger partial charge on any atom is -0.481 e. The van der Waals surface area contributed by atoms with Crippen molar-refractivity contribution in [3.63, 3.8) is 0 Å². The second-order valence-corrected chi connectivity index (χ2v) is 4.30. The highest BCUT2D eigenvalue weighted by atomic mass is 16.5. The summed E-state index contributed by atoms with van der Waals surface area (Å²) < 4.78 is 5.25. The number of hydrogen-bond acceptors (Lipinski definition) is 4. The van der Waals surface area contributed by atoms with Crippen LogP contribution in [0.15, 0.2) is 0 Å². The van der Waals surface area contributed by atoms with Crippen molar-refractivity contribution in [3.8, 4) is 0 Å². The lowest BCUT2D eigenvalue weighted by molar-refractivity contribution is -0.137. The van der Waals surface area contributed by atoms with Gasteiger partial charge in [0.25, 0.3) is 0 Å². The Morgan fingerprint density at radius 1 is 1.44 bits per heavy atom. The molecule has 0 saturated carbocycles. The Morgan fingerprint density at radius 3 is 2.75 bits per heavy atom. The number of aliphatic hydroxyl groups excluding tert-OH is 1. The van der Waals surface area contributed by atoms with Crippen LogP contribution in [-0.2, 0) is 9.53 Å². The summed E-state index contributed by atoms with van der Waals surface area (Å²) in [6.45, 7) is 3.01. The Bertz CT molecular complexity index is 204. The van der Waals surface area contributed by atoms with Crippen molar-refractivity contribution in [1.29, 1.82) is 0 Å². The van der Waals surface area contributed by atoms with E-state index in [1.165, 1.54) is 0 Å². The molecule has 0 bridgehead atoms. The molecule has 1 heterocycles. The molecule has 5 nitrogen and oxygen atoms in total. The summed E-state index contributed by atoms with van der Waals surface area (Å²) in [5.74, 6) is -0.232. The van der Waals surface area contributed by atoms with Crippen LogP contribution in [-0.4, -0.2) is 48.6 Å². The first kappa shape index (κ1) is 13.4. The topological polar surface area (TPSA) is 78.8 Å². The van der Waals surface area contributed by atoms with E-state index in [1.807, 2.05) is 0 Å². The van der Waals surface area contributed by atoms with Crippen molar-refractivity contribution in [1.82, 2.24) is 5.32 Å². The molecule has 5 heteroatoms. The molecule has 1 aliphatic heterocycles. The minimum atomic E-state index is -0.858. The van der Waals surface area contributed by atoms with E-state index >= 15 is 0 Å². The number of aliphatic hydroxyl groups is 1. The largest absolute Gasteiger partial charge is 0.481 e. The summed E-state index contributed by atoms with van der Waals surface area (Å²) in [5, 5.41) is 21.1. The highest BCUT2D eigenvalue weighted by Crippen LogP contribution is 2.13. The van der Waals surface area contributed by atoms with Gasteiger partial charge in [0.05, 0.1) is 6.10 Å². The lowest BCUT2D eigenvalue weighted by Crippen LogP contribution is -2.33. The quantitative estimate of drug-likeness (QED) is 0.584. The first-order chi connectivity index (χ1) is 7.68. The third kappa shape index (κ3) is 6.05. The average Bonchev–Trinajstić information content (AvgIpc) is 2.28. The number of rotatable bonds is 7. The van der Waals surface area contributed by atoms with Gasteiger partial charge in [0, 0.05) is 26.2 Å². The predicted molar refractivity (Wildman–Crippen MR) is 59.3 cm³/mol. The zero-order valence-corrected chi connectivity index (χ0v) is 9.52. The molecule has 3 N–H and O–H groups in total. The van der Waals surface area contributed by atoms with Gasteiger partial charge in [-0.1, -0.05) is 0 Å². The standard InChI is InChI=1S/C11H21NO4/c13-10(1-2-11(14)15)8-12-7-9-3-5-16-6-4-9/h9-10,12-13H,1-8H2,(H,14,15). The molecule has 0 aliphatic carbocycles. The van der Waals surface area contributed by atoms with Crippen molar-refractivity contribution >= 4 is 5.97 Å². The Morgan fingerprint density at radius 2 is 2.12 bits per heavy atom. The molecule has 0 amide bonds. The van der Waals surface area contributed by atoms with Gasteiger partial charge in [-0.25, -0.2) is 0 Å². The van der Waals surface area contributed by atoms with Crippen molar-refractivity contribution in [3.05, 3.63) is 0 Å². The zero-order chi connectivity index (χ0) is 11.8. The van der Waals surface area contributed by atoms with Crippen LogP contribution < -0.4 is 5.32 Å². The third-order valence-electron chi connectivity index (χ3n) is 2.85. The van der Waals surface area contributed by atoms with Gasteiger partial charge in [-0.15, -0.1) is 0 Å². The Balaban J connectivity index is 1.98. The number of carbonyl (C=O) groups is 1. The predicted octanol–water partition coefficient (Wildman–Crippen LogP) is 0.228. The van der Waals surface area contributed by atoms with Crippen LogP contribution >= 0.6 is 0 Å². The normalized spacial score (nSPS) is 19.6. The van der Waals surface area contributed by atoms with Crippen LogP contribution in [0.5, 0.6) is 0 Å². The van der Waals surface area contributed by atoms with Crippen molar-refractivity contribution in [2.75, 3.05) is 26.3 Å². The van der Waals surface area contributed by atoms with E-state index < -0.39 is 12.1 Å². The van der Waals surface area contributed by atoms with Gasteiger partial charge in [0.1, 0.15) is 0 Å². The lowest BCUT2D eigenvalue weighted by atomic mass is 10.0. The van der Waals surface area contributed by atoms with Crippen LogP contribution in [0.2, 0.25) is 0 Å². The number of carboxylic acid groups (broad SMARTS) is 1. The monoisotopic (exact) mass is 231 g/mol. The molecule has 1 saturated heterocycles. The summed E-state index contributed by atoms with van der Waals surface area (Å²) in [7, 11) is 0. The van der Waals surface area contributed by atoms with Gasteiger partial charge in [0.2, 0.25) is 0 Å². The van der Waals surface area contributed by atoms with Crippen molar-refractivity contribution < 1.29 is 19.7 Å². The molecule has 0 spiro atoms. The molecule has 1 rings (SSSR count). The fourth-order valence-electron chi connectivity index (χ4n) is 1.80. The third-order valence-corrected chi connectivity index (χ3v) is 2.85. The molecule has 1 unspecified atom stereocenters. The molecule has 94 valence electrons. The first-order valence-corrected chi connectivity index (χ1v) is 5.87. The van der Waals surface area contributed by atoms with E-state index in [9.17, 15) is 9.90 Å². The summed E-state index contributed by atoms with van der Waals surface area (Å²) >= 11 is 0. The molecule has 0 aromatic rings. The molecule has 0 radical (unpaired) electrons. The van der Waals surface area contributed by atoms with E-state index in [2.05, 4.69) is 5.32 Å². The molecular weight excluding hydrogens is 210 g/mol. The number of nitrogens with one attached hydrogen (secondary N) is 1. The van der Waals surface area contributed by atoms with E-state index in [0.29, 0.717) is 18.9 Å². The number of carboxylic acids is 1. The Labute approximate surface area is 95.8 Å². The highest BCUT2D eigenvalue weighted by Gasteiger charge is 2.14. The second-order valence-electron chi connectivity index (χ2n) is 4.30. The van der Waals surface area contributed by atoms with E-state index in [1.54, 1.807) is 0 Å². The first-order valence-electron chi connectivity index (χ1n) is 5.87.